The van der Waals surface area contributed by atoms with Crippen molar-refractivity contribution < 1.29 is 4.79 Å². The first-order valence-electron chi connectivity index (χ1n) is 3.85. The summed E-state index contributed by atoms with van der Waals surface area (Å²) in [4.78, 5) is 22.7. The molecule has 1 aliphatic carbocycles. The number of carbonyl (C=O) groups excluding carboxylic acids is 1. The van der Waals surface area contributed by atoms with Crippen LogP contribution in [0.1, 0.15) is 15.9 Å². The van der Waals surface area contributed by atoms with Gasteiger partial charge >= 0.3 is 0 Å². The maximum Gasteiger partial charge on any atom is 0.187 e. The fourth-order valence-corrected chi connectivity index (χ4v) is 2.32. The van der Waals surface area contributed by atoms with E-state index in [9.17, 15) is 9.59 Å². The maximum atomic E-state index is 11.4. The van der Waals surface area contributed by atoms with Crippen LogP contribution in [0.5, 0.6) is 0 Å². The normalized spacial score (nSPS) is 13.9. The van der Waals surface area contributed by atoms with Gasteiger partial charge in [0.2, 0.25) is 0 Å². The zero-order valence-corrected chi connectivity index (χ0v) is 10.1. The van der Waals surface area contributed by atoms with Crippen molar-refractivity contribution in [1.82, 2.24) is 0 Å². The van der Waals surface area contributed by atoms with E-state index in [1.54, 1.807) is 6.07 Å². The van der Waals surface area contributed by atoms with Crippen LogP contribution in [0, 0.1) is 0 Å². The lowest BCUT2D eigenvalue weighted by molar-refractivity contribution is 0.105. The topological polar surface area (TPSA) is 34.1 Å². The van der Waals surface area contributed by atoms with Crippen LogP contribution in [-0.2, 0) is 0 Å². The summed E-state index contributed by atoms with van der Waals surface area (Å²) in [6.45, 7) is 0. The van der Waals surface area contributed by atoms with Gasteiger partial charge in [-0.15, -0.1) is 0 Å². The van der Waals surface area contributed by atoms with E-state index < -0.39 is 0 Å². The van der Waals surface area contributed by atoms with Crippen LogP contribution in [0.2, 0.25) is 0 Å². The Morgan fingerprint density at radius 1 is 0.929 bits per heavy atom. The van der Waals surface area contributed by atoms with Crippen molar-refractivity contribution in [1.29, 1.82) is 0 Å². The highest BCUT2D eigenvalue weighted by molar-refractivity contribution is 9.15. The maximum absolute atomic E-state index is 11.4. The molecule has 0 heterocycles. The number of ketones is 1. The molecule has 0 N–H and O–H groups in total. The van der Waals surface area contributed by atoms with Gasteiger partial charge in [-0.3, -0.25) is 9.59 Å². The molecule has 2 nitrogen and oxygen atoms in total. The molecule has 1 aromatic carbocycles. The average Bonchev–Trinajstić information content (AvgIpc) is 2.30. The van der Waals surface area contributed by atoms with Crippen LogP contribution in [0.15, 0.2) is 33.5 Å². The number of hydrogen-bond acceptors (Lipinski definition) is 2. The first kappa shape index (κ1) is 9.80. The molecule has 0 saturated heterocycles. The first-order valence-corrected chi connectivity index (χ1v) is 5.43. The Bertz CT molecular complexity index is 518. The zero-order chi connectivity index (χ0) is 10.3. The van der Waals surface area contributed by atoms with Crippen LogP contribution in [0.25, 0.3) is 4.48 Å². The monoisotopic (exact) mass is 314 g/mol. The molecule has 0 aromatic heterocycles. The Labute approximate surface area is 96.9 Å². The summed E-state index contributed by atoms with van der Waals surface area (Å²) in [5.74, 6) is -0.132. The lowest BCUT2D eigenvalue weighted by atomic mass is 10.2. The fourth-order valence-electron chi connectivity index (χ4n) is 1.33. The third-order valence-corrected chi connectivity index (χ3v) is 3.03. The van der Waals surface area contributed by atoms with Crippen molar-refractivity contribution >= 4 is 42.1 Å². The van der Waals surface area contributed by atoms with Gasteiger partial charge in [0, 0.05) is 26.2 Å². The van der Waals surface area contributed by atoms with Gasteiger partial charge in [0.1, 0.15) is 0 Å². The summed E-state index contributed by atoms with van der Waals surface area (Å²) >= 11 is 6.51. The molecule has 0 unspecified atom stereocenters. The number of hydrogen-bond donors (Lipinski definition) is 0. The van der Waals surface area contributed by atoms with E-state index in [0.717, 1.165) is 5.56 Å². The molecule has 1 aromatic rings. The minimum Gasteiger partial charge on any atom is -0.290 e. The summed E-state index contributed by atoms with van der Waals surface area (Å²) in [5.41, 5.74) is 1.03. The largest absolute Gasteiger partial charge is 0.290 e. The highest BCUT2D eigenvalue weighted by Gasteiger charge is 2.19. The van der Waals surface area contributed by atoms with Crippen LogP contribution in [0.3, 0.4) is 0 Å². The Hall–Kier alpha value is -0.740. The second-order valence-corrected chi connectivity index (χ2v) is 4.67. The summed E-state index contributed by atoms with van der Waals surface area (Å²) in [5, 5.41) is 0. The number of halogens is 2. The molecule has 0 fully saturated rings. The molecular weight excluding hydrogens is 312 g/mol. The van der Waals surface area contributed by atoms with Crippen molar-refractivity contribution in [2.75, 3.05) is 0 Å². The zero-order valence-electron chi connectivity index (χ0n) is 6.88. The molecule has 0 spiro atoms. The molecular formula is C10H4Br2O2. The lowest BCUT2D eigenvalue weighted by Crippen LogP contribution is -1.97. The van der Waals surface area contributed by atoms with Gasteiger partial charge in [0.25, 0.3) is 0 Å². The Morgan fingerprint density at radius 3 is 2.36 bits per heavy atom. The van der Waals surface area contributed by atoms with Crippen molar-refractivity contribution in [2.24, 2.45) is 0 Å². The number of allylic oxidation sites excluding steroid dienone is 1. The predicted molar refractivity (Wildman–Crippen MR) is 61.6 cm³/mol. The highest BCUT2D eigenvalue weighted by atomic mass is 79.9. The van der Waals surface area contributed by atoms with E-state index in [2.05, 4.69) is 31.9 Å². The van der Waals surface area contributed by atoms with E-state index in [-0.39, 0.29) is 11.2 Å². The minimum absolute atomic E-state index is 0.132. The van der Waals surface area contributed by atoms with Crippen LogP contribution in [-0.4, -0.2) is 5.78 Å². The Kier molecular flexibility index (Phi) is 2.41. The summed E-state index contributed by atoms with van der Waals surface area (Å²) < 4.78 is 1.39. The van der Waals surface area contributed by atoms with Crippen molar-refractivity contribution in [3.05, 3.63) is 50.1 Å². The first-order chi connectivity index (χ1) is 6.58. The lowest BCUT2D eigenvalue weighted by Gasteiger charge is -1.91. The molecule has 0 bridgehead atoms. The SMILES string of the molecule is O=C1C=C(Br)c2cc(Br)cc(=O)cc21. The van der Waals surface area contributed by atoms with Crippen molar-refractivity contribution in [2.45, 2.75) is 0 Å². The number of rotatable bonds is 0. The highest BCUT2D eigenvalue weighted by Crippen LogP contribution is 2.31. The van der Waals surface area contributed by atoms with E-state index in [1.807, 2.05) is 0 Å². The van der Waals surface area contributed by atoms with Gasteiger partial charge in [-0.2, -0.15) is 0 Å². The molecule has 2 rings (SSSR count). The third kappa shape index (κ3) is 1.60. The van der Waals surface area contributed by atoms with Crippen molar-refractivity contribution in [3.8, 4) is 0 Å². The molecule has 4 heteroatoms. The molecule has 14 heavy (non-hydrogen) atoms. The predicted octanol–water partition coefficient (Wildman–Crippen LogP) is 2.74. The summed E-state index contributed by atoms with van der Waals surface area (Å²) in [7, 11) is 0. The van der Waals surface area contributed by atoms with Gasteiger partial charge in [-0.25, -0.2) is 0 Å². The molecule has 0 radical (unpaired) electrons. The van der Waals surface area contributed by atoms with Crippen LogP contribution < -0.4 is 5.43 Å². The smallest absolute Gasteiger partial charge is 0.187 e. The molecule has 70 valence electrons. The van der Waals surface area contributed by atoms with E-state index in [4.69, 9.17) is 0 Å². The summed E-state index contributed by atoms with van der Waals surface area (Å²) in [6, 6.07) is 4.54. The molecule has 0 atom stereocenters. The minimum atomic E-state index is -0.179. The third-order valence-electron chi connectivity index (χ3n) is 1.92. The van der Waals surface area contributed by atoms with Crippen LogP contribution in [0.4, 0.5) is 0 Å². The second kappa shape index (κ2) is 3.44. The molecule has 0 aliphatic heterocycles. The quantitative estimate of drug-likeness (QED) is 0.737. The van der Waals surface area contributed by atoms with E-state index >= 15 is 0 Å². The van der Waals surface area contributed by atoms with Gasteiger partial charge in [0.15, 0.2) is 11.2 Å². The summed E-state index contributed by atoms with van der Waals surface area (Å²) in [6.07, 6.45) is 1.47. The number of carbonyl (C=O) groups is 1. The Balaban J connectivity index is 2.86. The molecule has 0 amide bonds. The number of fused-ring (bicyclic) bond motifs is 1. The van der Waals surface area contributed by atoms with E-state index in [1.165, 1.54) is 18.2 Å². The Morgan fingerprint density at radius 2 is 1.64 bits per heavy atom. The van der Waals surface area contributed by atoms with Gasteiger partial charge in [-0.1, -0.05) is 31.9 Å². The van der Waals surface area contributed by atoms with Gasteiger partial charge in [0.05, 0.1) is 0 Å². The van der Waals surface area contributed by atoms with Gasteiger partial charge in [-0.05, 0) is 18.2 Å². The molecule has 1 aliphatic rings. The average molecular weight is 316 g/mol. The van der Waals surface area contributed by atoms with Crippen molar-refractivity contribution in [3.63, 3.8) is 0 Å². The van der Waals surface area contributed by atoms with Crippen LogP contribution >= 0.6 is 31.9 Å². The van der Waals surface area contributed by atoms with Gasteiger partial charge < -0.3 is 0 Å². The standard InChI is InChI=1S/C10H4Br2O2/c11-5-1-6(13)3-8-7(2-5)9(12)4-10(8)14/h1-4H. The molecule has 0 saturated carbocycles. The van der Waals surface area contributed by atoms with E-state index in [0.29, 0.717) is 14.5 Å². The fraction of sp³-hybridized carbons (Fsp3) is 0. The second-order valence-electron chi connectivity index (χ2n) is 2.90.